The van der Waals surface area contributed by atoms with Crippen LogP contribution >= 0.6 is 0 Å². The number of hydrogen-bond acceptors (Lipinski definition) is 2. The van der Waals surface area contributed by atoms with Crippen LogP contribution in [0.3, 0.4) is 0 Å². The van der Waals surface area contributed by atoms with Crippen molar-refractivity contribution in [1.82, 2.24) is 9.78 Å². The first kappa shape index (κ1) is 10.4. The van der Waals surface area contributed by atoms with Gasteiger partial charge in [-0.3, -0.25) is 9.48 Å². The fraction of sp³-hybridized carbons (Fsp3) is 0.667. The van der Waals surface area contributed by atoms with Gasteiger partial charge in [-0.25, -0.2) is 0 Å². The highest BCUT2D eigenvalue weighted by molar-refractivity contribution is 5.78. The minimum atomic E-state index is 0.520. The summed E-state index contributed by atoms with van der Waals surface area (Å²) in [5.74, 6) is 0. The van der Waals surface area contributed by atoms with Crippen molar-refractivity contribution in [1.29, 1.82) is 0 Å². The molecule has 1 aliphatic carbocycles. The molecule has 82 valence electrons. The van der Waals surface area contributed by atoms with Crippen LogP contribution in [0.4, 0.5) is 0 Å². The van der Waals surface area contributed by atoms with Crippen LogP contribution in [0.1, 0.15) is 59.9 Å². The van der Waals surface area contributed by atoms with Crippen molar-refractivity contribution in [2.45, 2.75) is 52.0 Å². The highest BCUT2D eigenvalue weighted by Gasteiger charge is 2.20. The maximum absolute atomic E-state index is 10.9. The summed E-state index contributed by atoms with van der Waals surface area (Å²) >= 11 is 0. The molecule has 3 heteroatoms. The molecule has 1 aromatic heterocycles. The second-order valence-electron chi connectivity index (χ2n) is 4.44. The van der Waals surface area contributed by atoms with Crippen LogP contribution in [0, 0.1) is 13.8 Å². The molecule has 1 aromatic rings. The van der Waals surface area contributed by atoms with E-state index in [1.807, 2.05) is 13.8 Å². The predicted octanol–water partition coefficient (Wildman–Crippen LogP) is 2.82. The quantitative estimate of drug-likeness (QED) is 0.697. The van der Waals surface area contributed by atoms with Crippen molar-refractivity contribution in [2.75, 3.05) is 0 Å². The van der Waals surface area contributed by atoms with Crippen molar-refractivity contribution in [2.24, 2.45) is 0 Å². The van der Waals surface area contributed by atoms with Crippen LogP contribution in [0.2, 0.25) is 0 Å². The molecule has 0 aliphatic heterocycles. The van der Waals surface area contributed by atoms with E-state index in [2.05, 4.69) is 9.78 Å². The van der Waals surface area contributed by atoms with E-state index in [4.69, 9.17) is 0 Å². The molecule has 0 amide bonds. The topological polar surface area (TPSA) is 34.9 Å². The van der Waals surface area contributed by atoms with Gasteiger partial charge < -0.3 is 0 Å². The predicted molar refractivity (Wildman–Crippen MR) is 59.2 cm³/mol. The third kappa shape index (κ3) is 1.83. The fourth-order valence-corrected chi connectivity index (χ4v) is 2.53. The molecule has 0 aromatic carbocycles. The Labute approximate surface area is 90.5 Å². The van der Waals surface area contributed by atoms with E-state index in [1.165, 1.54) is 32.1 Å². The number of rotatable bonds is 2. The van der Waals surface area contributed by atoms with Gasteiger partial charge in [-0.2, -0.15) is 5.10 Å². The summed E-state index contributed by atoms with van der Waals surface area (Å²) in [7, 11) is 0. The summed E-state index contributed by atoms with van der Waals surface area (Å²) in [5.41, 5.74) is 2.68. The Bertz CT molecular complexity index is 362. The zero-order valence-electron chi connectivity index (χ0n) is 9.49. The number of aldehydes is 1. The Balaban J connectivity index is 2.31. The molecule has 0 spiro atoms. The molecular formula is C12H18N2O. The fourth-order valence-electron chi connectivity index (χ4n) is 2.53. The zero-order chi connectivity index (χ0) is 10.8. The van der Waals surface area contributed by atoms with E-state index in [9.17, 15) is 4.79 Å². The second kappa shape index (κ2) is 4.17. The van der Waals surface area contributed by atoms with Crippen molar-refractivity contribution >= 4 is 6.29 Å². The van der Waals surface area contributed by atoms with Crippen molar-refractivity contribution in [3.05, 3.63) is 17.0 Å². The molecule has 0 radical (unpaired) electrons. The van der Waals surface area contributed by atoms with Crippen LogP contribution in [-0.4, -0.2) is 16.1 Å². The third-order valence-electron chi connectivity index (χ3n) is 3.42. The largest absolute Gasteiger partial charge is 0.298 e. The Morgan fingerprint density at radius 1 is 1.27 bits per heavy atom. The lowest BCUT2D eigenvalue weighted by Gasteiger charge is -2.23. The SMILES string of the molecule is Cc1nn(C2CCCCC2)c(C)c1C=O. The first-order chi connectivity index (χ1) is 7.24. The van der Waals surface area contributed by atoms with Gasteiger partial charge in [0.2, 0.25) is 0 Å². The van der Waals surface area contributed by atoms with Gasteiger partial charge >= 0.3 is 0 Å². The summed E-state index contributed by atoms with van der Waals surface area (Å²) in [6, 6.07) is 0.520. The molecule has 1 aliphatic rings. The number of aryl methyl sites for hydroxylation is 1. The van der Waals surface area contributed by atoms with Gasteiger partial charge in [0.15, 0.2) is 6.29 Å². The van der Waals surface area contributed by atoms with E-state index in [0.717, 1.165) is 23.2 Å². The standard InChI is InChI=1S/C12H18N2O/c1-9-12(8-15)10(2)14(13-9)11-6-4-3-5-7-11/h8,11H,3-7H2,1-2H3. The minimum Gasteiger partial charge on any atom is -0.298 e. The van der Waals surface area contributed by atoms with E-state index in [0.29, 0.717) is 6.04 Å². The Hall–Kier alpha value is -1.12. The van der Waals surface area contributed by atoms with E-state index in [-0.39, 0.29) is 0 Å². The zero-order valence-corrected chi connectivity index (χ0v) is 9.49. The molecule has 0 bridgehead atoms. The van der Waals surface area contributed by atoms with Crippen molar-refractivity contribution < 1.29 is 4.79 Å². The lowest BCUT2D eigenvalue weighted by atomic mass is 9.95. The number of aromatic nitrogens is 2. The molecule has 0 N–H and O–H groups in total. The molecule has 2 rings (SSSR count). The molecular weight excluding hydrogens is 188 g/mol. The van der Waals surface area contributed by atoms with Gasteiger partial charge in [-0.15, -0.1) is 0 Å². The summed E-state index contributed by atoms with van der Waals surface area (Å²) in [5, 5.41) is 4.49. The molecule has 1 heterocycles. The normalized spacial score (nSPS) is 18.0. The van der Waals surface area contributed by atoms with Gasteiger partial charge in [0.05, 0.1) is 17.3 Å². The Morgan fingerprint density at radius 3 is 2.47 bits per heavy atom. The maximum atomic E-state index is 10.9. The summed E-state index contributed by atoms with van der Waals surface area (Å²) < 4.78 is 2.07. The summed E-state index contributed by atoms with van der Waals surface area (Å²) in [6.07, 6.45) is 7.27. The molecule has 1 saturated carbocycles. The number of carbonyl (C=O) groups excluding carboxylic acids is 1. The Kier molecular flexibility index (Phi) is 2.89. The molecule has 0 atom stereocenters. The van der Waals surface area contributed by atoms with Gasteiger partial charge in [-0.1, -0.05) is 19.3 Å². The van der Waals surface area contributed by atoms with E-state index < -0.39 is 0 Å². The average Bonchev–Trinajstić information content (AvgIpc) is 2.55. The van der Waals surface area contributed by atoms with Crippen LogP contribution in [0.15, 0.2) is 0 Å². The molecule has 0 saturated heterocycles. The maximum Gasteiger partial charge on any atom is 0.153 e. The van der Waals surface area contributed by atoms with Gasteiger partial charge in [-0.05, 0) is 26.7 Å². The first-order valence-electron chi connectivity index (χ1n) is 5.75. The van der Waals surface area contributed by atoms with Crippen molar-refractivity contribution in [3.63, 3.8) is 0 Å². The van der Waals surface area contributed by atoms with Crippen molar-refractivity contribution in [3.8, 4) is 0 Å². The van der Waals surface area contributed by atoms with Crippen LogP contribution in [-0.2, 0) is 0 Å². The highest BCUT2D eigenvalue weighted by atomic mass is 16.1. The first-order valence-corrected chi connectivity index (χ1v) is 5.75. The summed E-state index contributed by atoms with van der Waals surface area (Å²) in [4.78, 5) is 10.9. The number of nitrogens with zero attached hydrogens (tertiary/aromatic N) is 2. The molecule has 3 nitrogen and oxygen atoms in total. The van der Waals surface area contributed by atoms with Gasteiger partial charge in [0.25, 0.3) is 0 Å². The second-order valence-corrected chi connectivity index (χ2v) is 4.44. The minimum absolute atomic E-state index is 0.520. The smallest absolute Gasteiger partial charge is 0.153 e. The summed E-state index contributed by atoms with van der Waals surface area (Å²) in [6.45, 7) is 3.91. The monoisotopic (exact) mass is 206 g/mol. The highest BCUT2D eigenvalue weighted by Crippen LogP contribution is 2.29. The van der Waals surface area contributed by atoms with Gasteiger partial charge in [0, 0.05) is 5.69 Å². The van der Waals surface area contributed by atoms with Crippen LogP contribution < -0.4 is 0 Å². The Morgan fingerprint density at radius 2 is 1.93 bits per heavy atom. The lowest BCUT2D eigenvalue weighted by Crippen LogP contribution is -2.15. The average molecular weight is 206 g/mol. The number of hydrogen-bond donors (Lipinski definition) is 0. The van der Waals surface area contributed by atoms with Crippen LogP contribution in [0.5, 0.6) is 0 Å². The van der Waals surface area contributed by atoms with E-state index >= 15 is 0 Å². The lowest BCUT2D eigenvalue weighted by molar-refractivity contribution is 0.112. The molecule has 1 fully saturated rings. The third-order valence-corrected chi connectivity index (χ3v) is 3.42. The van der Waals surface area contributed by atoms with Gasteiger partial charge in [0.1, 0.15) is 0 Å². The number of carbonyl (C=O) groups is 1. The molecule has 0 unspecified atom stereocenters. The van der Waals surface area contributed by atoms with E-state index in [1.54, 1.807) is 0 Å². The van der Waals surface area contributed by atoms with Crippen LogP contribution in [0.25, 0.3) is 0 Å². The molecule has 15 heavy (non-hydrogen) atoms.